The van der Waals surface area contributed by atoms with Crippen molar-refractivity contribution in [3.8, 4) is 11.5 Å². The molecule has 5 nitrogen and oxygen atoms in total. The highest BCUT2D eigenvalue weighted by Crippen LogP contribution is 2.37. The van der Waals surface area contributed by atoms with Gasteiger partial charge in [-0.1, -0.05) is 30.3 Å². The molecule has 3 heterocycles. The second-order valence-corrected chi connectivity index (χ2v) is 8.59. The average Bonchev–Trinajstić information content (AvgIpc) is 3.11. The van der Waals surface area contributed by atoms with E-state index in [1.54, 1.807) is 0 Å². The number of thiophene rings is 1. The van der Waals surface area contributed by atoms with Crippen LogP contribution in [0.2, 0.25) is 0 Å². The molecule has 1 unspecified atom stereocenters. The second kappa shape index (κ2) is 8.50. The van der Waals surface area contributed by atoms with Gasteiger partial charge in [-0.25, -0.2) is 0 Å². The van der Waals surface area contributed by atoms with Gasteiger partial charge >= 0.3 is 0 Å². The molecular formula is C24H24N2O3S. The van der Waals surface area contributed by atoms with E-state index in [0.717, 1.165) is 30.8 Å². The average molecular weight is 421 g/mol. The molecule has 0 saturated carbocycles. The Bertz CT molecular complexity index is 1030. The summed E-state index contributed by atoms with van der Waals surface area (Å²) in [5.74, 6) is 1.40. The van der Waals surface area contributed by atoms with Gasteiger partial charge in [0.25, 0.3) is 0 Å². The topological polar surface area (TPSA) is 50.8 Å². The van der Waals surface area contributed by atoms with Gasteiger partial charge in [-0.15, -0.1) is 11.3 Å². The van der Waals surface area contributed by atoms with Gasteiger partial charge in [-0.3, -0.25) is 9.69 Å². The van der Waals surface area contributed by atoms with Gasteiger partial charge in [0.05, 0.1) is 25.8 Å². The van der Waals surface area contributed by atoms with Crippen LogP contribution in [-0.4, -0.2) is 37.1 Å². The van der Waals surface area contributed by atoms with Crippen molar-refractivity contribution >= 4 is 22.9 Å². The van der Waals surface area contributed by atoms with Gasteiger partial charge in [-0.2, -0.15) is 0 Å². The zero-order valence-corrected chi connectivity index (χ0v) is 17.5. The zero-order valence-electron chi connectivity index (χ0n) is 16.7. The first-order valence-corrected chi connectivity index (χ1v) is 11.2. The lowest BCUT2D eigenvalue weighted by atomic mass is 9.93. The van der Waals surface area contributed by atoms with Crippen molar-refractivity contribution in [2.75, 3.05) is 31.6 Å². The molecule has 6 heteroatoms. The van der Waals surface area contributed by atoms with Crippen LogP contribution in [0.1, 0.15) is 28.5 Å². The highest BCUT2D eigenvalue weighted by Gasteiger charge is 2.30. The number of rotatable bonds is 4. The fourth-order valence-corrected chi connectivity index (χ4v) is 5.09. The Morgan fingerprint density at radius 1 is 1.07 bits per heavy atom. The fourth-order valence-electron chi connectivity index (χ4n) is 4.19. The van der Waals surface area contributed by atoms with Gasteiger partial charge in [0.1, 0.15) is 0 Å². The Kier molecular flexibility index (Phi) is 5.43. The smallest absolute Gasteiger partial charge is 0.238 e. The monoisotopic (exact) mass is 420 g/mol. The van der Waals surface area contributed by atoms with Crippen LogP contribution in [0.4, 0.5) is 5.69 Å². The third kappa shape index (κ3) is 3.93. The lowest BCUT2D eigenvalue weighted by molar-refractivity contribution is -0.117. The first kappa shape index (κ1) is 19.2. The van der Waals surface area contributed by atoms with Crippen LogP contribution >= 0.6 is 11.3 Å². The molecule has 0 fully saturated rings. The third-order valence-electron chi connectivity index (χ3n) is 5.56. The number of ether oxygens (including phenoxy) is 2. The van der Waals surface area contributed by atoms with E-state index in [-0.39, 0.29) is 11.9 Å². The number of fused-ring (bicyclic) bond motifs is 2. The van der Waals surface area contributed by atoms with E-state index in [0.29, 0.717) is 25.5 Å². The maximum Gasteiger partial charge on any atom is 0.238 e. The van der Waals surface area contributed by atoms with E-state index in [1.165, 1.54) is 16.0 Å². The summed E-state index contributed by atoms with van der Waals surface area (Å²) in [6.07, 6.45) is 1.84. The van der Waals surface area contributed by atoms with E-state index in [1.807, 2.05) is 35.6 Å². The Morgan fingerprint density at radius 3 is 2.77 bits per heavy atom. The van der Waals surface area contributed by atoms with Crippen LogP contribution in [-0.2, 0) is 11.2 Å². The Hall–Kier alpha value is -2.83. The molecule has 2 aliphatic rings. The van der Waals surface area contributed by atoms with E-state index >= 15 is 0 Å². The minimum atomic E-state index is -0.0240. The van der Waals surface area contributed by atoms with Gasteiger partial charge in [0.15, 0.2) is 11.5 Å². The maximum atomic E-state index is 12.9. The molecule has 2 aromatic carbocycles. The van der Waals surface area contributed by atoms with Gasteiger partial charge in [0, 0.05) is 29.6 Å². The molecule has 0 saturated heterocycles. The standard InChI is InChI=1S/C24H24N2O3S/c27-23(25-18-7-8-20-21(15-18)29-13-4-12-28-20)16-26-11-9-22-19(10-14-30-22)24(26)17-5-2-1-3-6-17/h1-3,5-8,10,14-15,24H,4,9,11-13,16H2,(H,25,27). The van der Waals surface area contributed by atoms with Gasteiger partial charge in [-0.05, 0) is 41.1 Å². The number of hydrogen-bond acceptors (Lipinski definition) is 5. The van der Waals surface area contributed by atoms with E-state index < -0.39 is 0 Å². The summed E-state index contributed by atoms with van der Waals surface area (Å²) in [5, 5.41) is 5.19. The van der Waals surface area contributed by atoms with E-state index in [2.05, 4.69) is 45.9 Å². The number of nitrogens with zero attached hydrogens (tertiary/aromatic N) is 1. The number of amides is 1. The molecular weight excluding hydrogens is 396 g/mol. The third-order valence-corrected chi connectivity index (χ3v) is 6.56. The number of nitrogens with one attached hydrogen (secondary N) is 1. The Morgan fingerprint density at radius 2 is 1.90 bits per heavy atom. The minimum absolute atomic E-state index is 0.0240. The number of benzene rings is 2. The first-order valence-electron chi connectivity index (χ1n) is 10.3. The summed E-state index contributed by atoms with van der Waals surface area (Å²) in [7, 11) is 0. The summed E-state index contributed by atoms with van der Waals surface area (Å²) >= 11 is 1.81. The molecule has 1 aromatic heterocycles. The Labute approximate surface area is 180 Å². The predicted molar refractivity (Wildman–Crippen MR) is 119 cm³/mol. The molecule has 30 heavy (non-hydrogen) atoms. The normalized spacial score (nSPS) is 18.3. The second-order valence-electron chi connectivity index (χ2n) is 7.59. The summed E-state index contributed by atoms with van der Waals surface area (Å²) in [6.45, 7) is 2.48. The molecule has 0 radical (unpaired) electrons. The van der Waals surface area contributed by atoms with Gasteiger partial charge < -0.3 is 14.8 Å². The summed E-state index contributed by atoms with van der Waals surface area (Å²) in [5.41, 5.74) is 3.27. The number of anilines is 1. The molecule has 2 aliphatic heterocycles. The van der Waals surface area contributed by atoms with Crippen molar-refractivity contribution in [2.24, 2.45) is 0 Å². The zero-order chi connectivity index (χ0) is 20.3. The maximum absolute atomic E-state index is 12.9. The largest absolute Gasteiger partial charge is 0.490 e. The Balaban J connectivity index is 1.33. The molecule has 154 valence electrons. The van der Waals surface area contributed by atoms with E-state index in [4.69, 9.17) is 9.47 Å². The van der Waals surface area contributed by atoms with Crippen molar-refractivity contribution < 1.29 is 14.3 Å². The number of hydrogen-bond donors (Lipinski definition) is 1. The number of carbonyl (C=O) groups excluding carboxylic acids is 1. The lowest BCUT2D eigenvalue weighted by Gasteiger charge is -2.35. The summed E-state index contributed by atoms with van der Waals surface area (Å²) in [6, 6.07) is 18.3. The molecule has 0 aliphatic carbocycles. The van der Waals surface area contributed by atoms with E-state index in [9.17, 15) is 4.79 Å². The van der Waals surface area contributed by atoms with Crippen molar-refractivity contribution in [3.05, 3.63) is 76.0 Å². The molecule has 3 aromatic rings. The van der Waals surface area contributed by atoms with Crippen LogP contribution < -0.4 is 14.8 Å². The predicted octanol–water partition coefficient (Wildman–Crippen LogP) is 4.50. The van der Waals surface area contributed by atoms with Crippen LogP contribution in [0.15, 0.2) is 60.0 Å². The van der Waals surface area contributed by atoms with Crippen LogP contribution in [0.3, 0.4) is 0 Å². The quantitative estimate of drug-likeness (QED) is 0.675. The van der Waals surface area contributed by atoms with Crippen LogP contribution in [0.25, 0.3) is 0 Å². The fraction of sp³-hybridized carbons (Fsp3) is 0.292. The molecule has 1 amide bonds. The van der Waals surface area contributed by atoms with Crippen molar-refractivity contribution in [1.82, 2.24) is 4.90 Å². The molecule has 0 spiro atoms. The van der Waals surface area contributed by atoms with Gasteiger partial charge in [0.2, 0.25) is 5.91 Å². The van der Waals surface area contributed by atoms with Crippen LogP contribution in [0.5, 0.6) is 11.5 Å². The molecule has 1 atom stereocenters. The first-order chi connectivity index (χ1) is 14.8. The lowest BCUT2D eigenvalue weighted by Crippen LogP contribution is -2.40. The summed E-state index contributed by atoms with van der Waals surface area (Å²) in [4.78, 5) is 16.6. The molecule has 5 rings (SSSR count). The summed E-state index contributed by atoms with van der Waals surface area (Å²) < 4.78 is 11.4. The highest BCUT2D eigenvalue weighted by atomic mass is 32.1. The molecule has 0 bridgehead atoms. The SMILES string of the molecule is O=C(CN1CCc2sccc2C1c1ccccc1)Nc1ccc2c(c1)OCCCO2. The highest BCUT2D eigenvalue weighted by molar-refractivity contribution is 7.10. The minimum Gasteiger partial charge on any atom is -0.490 e. The van der Waals surface area contributed by atoms with Crippen molar-refractivity contribution in [1.29, 1.82) is 0 Å². The molecule has 1 N–H and O–H groups in total. The van der Waals surface area contributed by atoms with Crippen molar-refractivity contribution in [3.63, 3.8) is 0 Å². The number of carbonyl (C=O) groups is 1. The van der Waals surface area contributed by atoms with Crippen molar-refractivity contribution in [2.45, 2.75) is 18.9 Å². The van der Waals surface area contributed by atoms with Crippen LogP contribution in [0, 0.1) is 0 Å².